The second-order valence-electron chi connectivity index (χ2n) is 7.34. The molecule has 3 heterocycles. The molecule has 0 saturated carbocycles. The molecule has 0 spiro atoms. The van der Waals surface area contributed by atoms with Crippen LogP contribution in [0, 0.1) is 5.41 Å². The molecule has 136 valence electrons. The first-order valence-corrected chi connectivity index (χ1v) is 9.33. The van der Waals surface area contributed by atoms with Crippen molar-refractivity contribution in [1.82, 2.24) is 15.0 Å². The molecule has 1 fully saturated rings. The lowest BCUT2D eigenvalue weighted by Gasteiger charge is -2.24. The summed E-state index contributed by atoms with van der Waals surface area (Å²) in [7, 11) is 0. The molecule has 2 aromatic heterocycles. The van der Waals surface area contributed by atoms with E-state index in [9.17, 15) is 4.79 Å². The first-order chi connectivity index (χ1) is 12.6. The third kappa shape index (κ3) is 2.93. The van der Waals surface area contributed by atoms with Gasteiger partial charge in [-0.2, -0.15) is 0 Å². The summed E-state index contributed by atoms with van der Waals surface area (Å²) in [6.07, 6.45) is 7.42. The molecule has 1 aliphatic heterocycles. The van der Waals surface area contributed by atoms with Crippen LogP contribution < -0.4 is 4.90 Å². The monoisotopic (exact) mass is 352 g/mol. The first kappa shape index (κ1) is 16.9. The number of esters is 1. The van der Waals surface area contributed by atoms with Crippen molar-refractivity contribution in [3.8, 4) is 11.4 Å². The lowest BCUT2D eigenvalue weighted by molar-refractivity contribution is -0.153. The van der Waals surface area contributed by atoms with Gasteiger partial charge in [0.25, 0.3) is 0 Å². The number of anilines is 1. The maximum absolute atomic E-state index is 12.4. The number of nitrogens with zero attached hydrogens (tertiary/aromatic N) is 4. The summed E-state index contributed by atoms with van der Waals surface area (Å²) in [6, 6.07) is 3.88. The van der Waals surface area contributed by atoms with Gasteiger partial charge < -0.3 is 9.64 Å². The van der Waals surface area contributed by atoms with E-state index in [1.165, 1.54) is 5.56 Å². The fourth-order valence-electron chi connectivity index (χ4n) is 3.92. The molecule has 6 nitrogen and oxygen atoms in total. The number of aromatic nitrogens is 3. The molecule has 0 aromatic carbocycles. The molecule has 2 aliphatic rings. The van der Waals surface area contributed by atoms with E-state index >= 15 is 0 Å². The first-order valence-electron chi connectivity index (χ1n) is 9.33. The van der Waals surface area contributed by atoms with Crippen LogP contribution in [0.25, 0.3) is 11.4 Å². The summed E-state index contributed by atoms with van der Waals surface area (Å²) in [4.78, 5) is 28.4. The quantitative estimate of drug-likeness (QED) is 0.788. The standard InChI is InChI=1S/C20H24N4O2/c1-3-26-19(25)20(2)9-12-24(13-20)18-15-5-4-6-16(15)22-17(23-18)14-7-10-21-11-8-14/h7-8,10-11H,3-6,9,12-13H2,1-2H3. The average Bonchev–Trinajstić information content (AvgIpc) is 3.29. The zero-order valence-electron chi connectivity index (χ0n) is 15.4. The molecular weight excluding hydrogens is 328 g/mol. The van der Waals surface area contributed by atoms with Crippen molar-refractivity contribution in [2.45, 2.75) is 39.5 Å². The minimum atomic E-state index is -0.469. The van der Waals surface area contributed by atoms with Gasteiger partial charge in [0.15, 0.2) is 5.82 Å². The number of hydrogen-bond donors (Lipinski definition) is 0. The number of aryl methyl sites for hydroxylation is 1. The Hall–Kier alpha value is -2.50. The minimum Gasteiger partial charge on any atom is -0.466 e. The normalized spacial score (nSPS) is 21.7. The Bertz CT molecular complexity index is 824. The molecule has 4 rings (SSSR count). The van der Waals surface area contributed by atoms with E-state index in [1.54, 1.807) is 12.4 Å². The lowest BCUT2D eigenvalue weighted by Crippen LogP contribution is -2.34. The molecule has 2 aromatic rings. The van der Waals surface area contributed by atoms with Gasteiger partial charge in [0.1, 0.15) is 5.82 Å². The highest BCUT2D eigenvalue weighted by Gasteiger charge is 2.43. The van der Waals surface area contributed by atoms with Gasteiger partial charge in [0.2, 0.25) is 0 Å². The van der Waals surface area contributed by atoms with Crippen molar-refractivity contribution in [3.05, 3.63) is 35.8 Å². The van der Waals surface area contributed by atoms with E-state index in [1.807, 2.05) is 26.0 Å². The fourth-order valence-corrected chi connectivity index (χ4v) is 3.92. The highest BCUT2D eigenvalue weighted by atomic mass is 16.5. The number of pyridine rings is 1. The summed E-state index contributed by atoms with van der Waals surface area (Å²) < 4.78 is 5.29. The van der Waals surface area contributed by atoms with Crippen LogP contribution in [0.5, 0.6) is 0 Å². The number of rotatable bonds is 4. The Balaban J connectivity index is 1.69. The number of carbonyl (C=O) groups is 1. The third-order valence-electron chi connectivity index (χ3n) is 5.39. The van der Waals surface area contributed by atoms with Crippen LogP contribution in [0.2, 0.25) is 0 Å². The SMILES string of the molecule is CCOC(=O)C1(C)CCN(c2nc(-c3ccncc3)nc3c2CCC3)C1. The number of ether oxygens (including phenoxy) is 1. The molecule has 6 heteroatoms. The molecule has 26 heavy (non-hydrogen) atoms. The van der Waals surface area contributed by atoms with Gasteiger partial charge in [0, 0.05) is 42.3 Å². The fraction of sp³-hybridized carbons (Fsp3) is 0.500. The molecular formula is C20H24N4O2. The topological polar surface area (TPSA) is 68.2 Å². The number of fused-ring (bicyclic) bond motifs is 1. The Morgan fingerprint density at radius 1 is 1.27 bits per heavy atom. The van der Waals surface area contributed by atoms with E-state index in [0.29, 0.717) is 13.2 Å². The summed E-state index contributed by atoms with van der Waals surface area (Å²) in [5, 5.41) is 0. The van der Waals surface area contributed by atoms with Gasteiger partial charge >= 0.3 is 5.97 Å². The minimum absolute atomic E-state index is 0.109. The Labute approximate surface area is 153 Å². The van der Waals surface area contributed by atoms with Crippen molar-refractivity contribution < 1.29 is 9.53 Å². The molecule has 1 atom stereocenters. The van der Waals surface area contributed by atoms with Gasteiger partial charge in [-0.05, 0) is 51.7 Å². The maximum atomic E-state index is 12.4. The predicted octanol–water partition coefficient (Wildman–Crippen LogP) is 2.81. The van der Waals surface area contributed by atoms with Gasteiger partial charge in [-0.3, -0.25) is 9.78 Å². The van der Waals surface area contributed by atoms with Crippen LogP contribution in [0.3, 0.4) is 0 Å². The molecule has 1 saturated heterocycles. The summed E-state index contributed by atoms with van der Waals surface area (Å²) >= 11 is 0. The Kier molecular flexibility index (Phi) is 4.34. The number of hydrogen-bond acceptors (Lipinski definition) is 6. The molecule has 0 amide bonds. The predicted molar refractivity (Wildman–Crippen MR) is 98.9 cm³/mol. The van der Waals surface area contributed by atoms with E-state index in [0.717, 1.165) is 55.1 Å². The van der Waals surface area contributed by atoms with E-state index in [-0.39, 0.29) is 5.97 Å². The maximum Gasteiger partial charge on any atom is 0.313 e. The highest BCUT2D eigenvalue weighted by molar-refractivity contribution is 5.78. The molecule has 0 radical (unpaired) electrons. The zero-order chi connectivity index (χ0) is 18.1. The van der Waals surface area contributed by atoms with E-state index < -0.39 is 5.41 Å². The van der Waals surface area contributed by atoms with Gasteiger partial charge in [0.05, 0.1) is 12.0 Å². The van der Waals surface area contributed by atoms with Crippen LogP contribution in [-0.4, -0.2) is 40.6 Å². The molecule has 1 unspecified atom stereocenters. The van der Waals surface area contributed by atoms with Crippen molar-refractivity contribution >= 4 is 11.8 Å². The van der Waals surface area contributed by atoms with Gasteiger partial charge in [-0.25, -0.2) is 9.97 Å². The van der Waals surface area contributed by atoms with Gasteiger partial charge in [-0.15, -0.1) is 0 Å². The average molecular weight is 352 g/mol. The zero-order valence-corrected chi connectivity index (χ0v) is 15.4. The van der Waals surface area contributed by atoms with E-state index in [2.05, 4.69) is 9.88 Å². The van der Waals surface area contributed by atoms with Crippen LogP contribution >= 0.6 is 0 Å². The Morgan fingerprint density at radius 2 is 2.08 bits per heavy atom. The van der Waals surface area contributed by atoms with Crippen molar-refractivity contribution in [2.24, 2.45) is 5.41 Å². The van der Waals surface area contributed by atoms with Crippen molar-refractivity contribution in [1.29, 1.82) is 0 Å². The summed E-state index contributed by atoms with van der Waals surface area (Å²) in [5.74, 6) is 1.63. The second-order valence-corrected chi connectivity index (χ2v) is 7.34. The molecule has 1 aliphatic carbocycles. The van der Waals surface area contributed by atoms with Crippen molar-refractivity contribution in [2.75, 3.05) is 24.6 Å². The van der Waals surface area contributed by atoms with E-state index in [4.69, 9.17) is 14.7 Å². The number of carbonyl (C=O) groups excluding carboxylic acids is 1. The van der Waals surface area contributed by atoms with Crippen LogP contribution in [0.1, 0.15) is 37.9 Å². The highest BCUT2D eigenvalue weighted by Crippen LogP contribution is 2.38. The third-order valence-corrected chi connectivity index (χ3v) is 5.39. The second kappa shape index (κ2) is 6.67. The van der Waals surface area contributed by atoms with Crippen LogP contribution in [0.4, 0.5) is 5.82 Å². The van der Waals surface area contributed by atoms with Gasteiger partial charge in [-0.1, -0.05) is 0 Å². The van der Waals surface area contributed by atoms with Crippen LogP contribution in [-0.2, 0) is 22.4 Å². The Morgan fingerprint density at radius 3 is 2.85 bits per heavy atom. The van der Waals surface area contributed by atoms with Crippen molar-refractivity contribution in [3.63, 3.8) is 0 Å². The van der Waals surface area contributed by atoms with Crippen LogP contribution in [0.15, 0.2) is 24.5 Å². The molecule has 0 N–H and O–H groups in total. The molecule has 0 bridgehead atoms. The lowest BCUT2D eigenvalue weighted by atomic mass is 9.90. The summed E-state index contributed by atoms with van der Waals surface area (Å²) in [6.45, 7) is 5.73. The largest absolute Gasteiger partial charge is 0.466 e. The summed E-state index contributed by atoms with van der Waals surface area (Å²) in [5.41, 5.74) is 2.90. The smallest absolute Gasteiger partial charge is 0.313 e.